The van der Waals surface area contributed by atoms with Crippen LogP contribution in [-0.2, 0) is 11.4 Å². The summed E-state index contributed by atoms with van der Waals surface area (Å²) in [7, 11) is 0. The van der Waals surface area contributed by atoms with Crippen LogP contribution in [0.4, 0.5) is 5.69 Å². The fraction of sp³-hybridized carbons (Fsp3) is 0.0714. The lowest BCUT2D eigenvalue weighted by molar-refractivity contribution is -0.111. The number of nitrogens with one attached hydrogen (secondary N) is 1. The molecule has 0 aliphatic rings. The SMILES string of the molecule is Cc1cc(/C=C/C(=O)Nc2ccccc2C(=O)O)ccc1OCc1ccc2ccccc2c1. The maximum Gasteiger partial charge on any atom is 0.337 e. The van der Waals surface area contributed by atoms with Crippen LogP contribution in [0.2, 0.25) is 0 Å². The van der Waals surface area contributed by atoms with Crippen molar-refractivity contribution in [1.82, 2.24) is 0 Å². The van der Waals surface area contributed by atoms with Gasteiger partial charge in [-0.25, -0.2) is 4.79 Å². The van der Waals surface area contributed by atoms with Gasteiger partial charge in [0.25, 0.3) is 0 Å². The average molecular weight is 437 g/mol. The van der Waals surface area contributed by atoms with Crippen molar-refractivity contribution in [3.63, 3.8) is 0 Å². The fourth-order valence-corrected chi connectivity index (χ4v) is 3.55. The van der Waals surface area contributed by atoms with Gasteiger partial charge in [0.15, 0.2) is 0 Å². The number of amides is 1. The highest BCUT2D eigenvalue weighted by molar-refractivity contribution is 6.06. The molecule has 0 fully saturated rings. The largest absolute Gasteiger partial charge is 0.489 e. The standard InChI is InChI=1S/C28H23NO4/c1-19-16-20(12-15-27(30)29-25-9-5-4-8-24(25)28(31)32)11-14-26(19)33-18-21-10-13-22-6-2-3-7-23(22)17-21/h2-17H,18H2,1H3,(H,29,30)(H,31,32)/b15-12+. The van der Waals surface area contributed by atoms with Crippen LogP contribution in [0.1, 0.15) is 27.0 Å². The monoisotopic (exact) mass is 437 g/mol. The lowest BCUT2D eigenvalue weighted by atomic mass is 10.1. The summed E-state index contributed by atoms with van der Waals surface area (Å²) in [6, 6.07) is 26.5. The Balaban J connectivity index is 1.39. The zero-order chi connectivity index (χ0) is 23.2. The number of carbonyl (C=O) groups excluding carboxylic acids is 1. The number of aromatic carboxylic acids is 1. The zero-order valence-electron chi connectivity index (χ0n) is 18.1. The molecule has 1 amide bonds. The van der Waals surface area contributed by atoms with Crippen molar-refractivity contribution < 1.29 is 19.4 Å². The zero-order valence-corrected chi connectivity index (χ0v) is 18.1. The molecule has 5 heteroatoms. The molecule has 0 aliphatic heterocycles. The molecule has 0 spiro atoms. The van der Waals surface area contributed by atoms with Gasteiger partial charge in [-0.15, -0.1) is 0 Å². The molecule has 0 bridgehead atoms. The van der Waals surface area contributed by atoms with E-state index in [1.807, 2.05) is 37.3 Å². The molecular formula is C28H23NO4. The summed E-state index contributed by atoms with van der Waals surface area (Å²) in [5, 5.41) is 14.2. The number of ether oxygens (including phenoxy) is 1. The van der Waals surface area contributed by atoms with Crippen LogP contribution in [0.5, 0.6) is 5.75 Å². The van der Waals surface area contributed by atoms with Crippen LogP contribution < -0.4 is 10.1 Å². The van der Waals surface area contributed by atoms with Gasteiger partial charge in [-0.3, -0.25) is 4.79 Å². The number of hydrogen-bond acceptors (Lipinski definition) is 3. The third kappa shape index (κ3) is 5.46. The van der Waals surface area contributed by atoms with Crippen molar-refractivity contribution in [3.8, 4) is 5.75 Å². The molecule has 4 aromatic rings. The molecule has 164 valence electrons. The Kier molecular flexibility index (Phi) is 6.51. The molecule has 0 saturated heterocycles. The summed E-state index contributed by atoms with van der Waals surface area (Å²) in [6.07, 6.45) is 3.06. The van der Waals surface area contributed by atoms with Gasteiger partial charge >= 0.3 is 5.97 Å². The Labute approximate surface area is 192 Å². The lowest BCUT2D eigenvalue weighted by Gasteiger charge is -2.11. The third-order valence-electron chi connectivity index (χ3n) is 5.25. The molecule has 0 aromatic heterocycles. The van der Waals surface area contributed by atoms with Gasteiger partial charge in [0.05, 0.1) is 11.3 Å². The predicted molar refractivity (Wildman–Crippen MR) is 131 cm³/mol. The molecule has 5 nitrogen and oxygen atoms in total. The van der Waals surface area contributed by atoms with E-state index in [0.717, 1.165) is 22.4 Å². The van der Waals surface area contributed by atoms with Crippen LogP contribution in [0.3, 0.4) is 0 Å². The van der Waals surface area contributed by atoms with E-state index in [9.17, 15) is 14.7 Å². The van der Waals surface area contributed by atoms with E-state index < -0.39 is 11.9 Å². The number of carbonyl (C=O) groups is 2. The topological polar surface area (TPSA) is 75.6 Å². The molecule has 2 N–H and O–H groups in total. The first-order valence-electron chi connectivity index (χ1n) is 10.5. The number of hydrogen-bond donors (Lipinski definition) is 2. The minimum atomic E-state index is -1.09. The van der Waals surface area contributed by atoms with Crippen molar-refractivity contribution in [3.05, 3.63) is 113 Å². The van der Waals surface area contributed by atoms with Crippen molar-refractivity contribution in [2.24, 2.45) is 0 Å². The minimum absolute atomic E-state index is 0.0445. The van der Waals surface area contributed by atoms with Gasteiger partial charge in [0.2, 0.25) is 5.91 Å². The number of carboxylic acid groups (broad SMARTS) is 1. The second-order valence-electron chi connectivity index (χ2n) is 7.67. The Morgan fingerprint density at radius 3 is 2.45 bits per heavy atom. The summed E-state index contributed by atoms with van der Waals surface area (Å²) in [4.78, 5) is 23.5. The number of fused-ring (bicyclic) bond motifs is 1. The number of aryl methyl sites for hydroxylation is 1. The molecule has 33 heavy (non-hydrogen) atoms. The Hall–Kier alpha value is -4.38. The van der Waals surface area contributed by atoms with Gasteiger partial charge in [0, 0.05) is 6.08 Å². The van der Waals surface area contributed by atoms with Crippen molar-refractivity contribution in [2.45, 2.75) is 13.5 Å². The Morgan fingerprint density at radius 2 is 1.67 bits per heavy atom. The average Bonchev–Trinajstić information content (AvgIpc) is 2.82. The molecule has 4 rings (SSSR count). The fourth-order valence-electron chi connectivity index (χ4n) is 3.55. The maximum atomic E-state index is 12.2. The van der Waals surface area contributed by atoms with Crippen molar-refractivity contribution in [2.75, 3.05) is 5.32 Å². The second-order valence-corrected chi connectivity index (χ2v) is 7.67. The first-order chi connectivity index (χ1) is 16.0. The van der Waals surface area contributed by atoms with E-state index in [-0.39, 0.29) is 11.3 Å². The smallest absolute Gasteiger partial charge is 0.337 e. The van der Waals surface area contributed by atoms with Gasteiger partial charge in [-0.05, 0) is 70.8 Å². The maximum absolute atomic E-state index is 12.2. The van der Waals surface area contributed by atoms with E-state index >= 15 is 0 Å². The highest BCUT2D eigenvalue weighted by atomic mass is 16.5. The number of anilines is 1. The predicted octanol–water partition coefficient (Wildman–Crippen LogP) is 6.08. The van der Waals surface area contributed by atoms with Gasteiger partial charge in [0.1, 0.15) is 12.4 Å². The number of carboxylic acids is 1. The van der Waals surface area contributed by atoms with Gasteiger partial charge in [-0.2, -0.15) is 0 Å². The Bertz CT molecular complexity index is 1360. The van der Waals surface area contributed by atoms with Crippen LogP contribution in [-0.4, -0.2) is 17.0 Å². The molecule has 0 heterocycles. The summed E-state index contributed by atoms with van der Waals surface area (Å²) >= 11 is 0. The summed E-state index contributed by atoms with van der Waals surface area (Å²) in [5.74, 6) is -0.720. The van der Waals surface area contributed by atoms with E-state index in [2.05, 4.69) is 35.6 Å². The van der Waals surface area contributed by atoms with Crippen LogP contribution in [0, 0.1) is 6.92 Å². The third-order valence-corrected chi connectivity index (χ3v) is 5.25. The quantitative estimate of drug-likeness (QED) is 0.344. The van der Waals surface area contributed by atoms with Gasteiger partial charge in [-0.1, -0.05) is 54.6 Å². The summed E-state index contributed by atoms with van der Waals surface area (Å²) in [5.41, 5.74) is 3.19. The molecule has 4 aromatic carbocycles. The second kappa shape index (κ2) is 9.83. The molecule has 0 aliphatic carbocycles. The van der Waals surface area contributed by atoms with Crippen LogP contribution in [0.15, 0.2) is 91.0 Å². The summed E-state index contributed by atoms with van der Waals surface area (Å²) in [6.45, 7) is 2.42. The molecule has 0 radical (unpaired) electrons. The van der Waals surface area contributed by atoms with Crippen LogP contribution in [0.25, 0.3) is 16.8 Å². The van der Waals surface area contributed by atoms with E-state index in [4.69, 9.17) is 4.74 Å². The summed E-state index contributed by atoms with van der Waals surface area (Å²) < 4.78 is 6.01. The number of para-hydroxylation sites is 1. The van der Waals surface area contributed by atoms with Crippen molar-refractivity contribution >= 4 is 34.4 Å². The molecule has 0 saturated carbocycles. The van der Waals surface area contributed by atoms with E-state index in [0.29, 0.717) is 6.61 Å². The normalized spacial score (nSPS) is 10.9. The number of benzene rings is 4. The van der Waals surface area contributed by atoms with Gasteiger partial charge < -0.3 is 15.2 Å². The minimum Gasteiger partial charge on any atom is -0.489 e. The number of rotatable bonds is 7. The van der Waals surface area contributed by atoms with E-state index in [1.165, 1.54) is 22.9 Å². The molecular weight excluding hydrogens is 414 g/mol. The highest BCUT2D eigenvalue weighted by Gasteiger charge is 2.10. The lowest BCUT2D eigenvalue weighted by Crippen LogP contribution is -2.11. The first-order valence-corrected chi connectivity index (χ1v) is 10.5. The van der Waals surface area contributed by atoms with E-state index in [1.54, 1.807) is 24.3 Å². The van der Waals surface area contributed by atoms with Crippen LogP contribution >= 0.6 is 0 Å². The Morgan fingerprint density at radius 1 is 0.909 bits per heavy atom. The molecule has 0 unspecified atom stereocenters. The first kappa shape index (κ1) is 21.8. The molecule has 0 atom stereocenters. The van der Waals surface area contributed by atoms with Crippen molar-refractivity contribution in [1.29, 1.82) is 0 Å². The highest BCUT2D eigenvalue weighted by Crippen LogP contribution is 2.23.